The Labute approximate surface area is 150 Å². The van der Waals surface area contributed by atoms with Gasteiger partial charge in [-0.3, -0.25) is 9.89 Å². The molecule has 0 saturated heterocycles. The number of halogens is 2. The molecule has 1 heterocycles. The molecule has 26 heavy (non-hydrogen) atoms. The van der Waals surface area contributed by atoms with Gasteiger partial charge in [0.1, 0.15) is 5.69 Å². The molecule has 1 atom stereocenters. The fraction of sp³-hybridized carbons (Fsp3) is 0.200. The molecule has 2 N–H and O–H groups in total. The molecule has 1 aromatic heterocycles. The third-order valence-electron chi connectivity index (χ3n) is 4.32. The van der Waals surface area contributed by atoms with E-state index in [0.29, 0.717) is 29.1 Å². The molecule has 3 rings (SSSR count). The van der Waals surface area contributed by atoms with E-state index in [-0.39, 0.29) is 11.8 Å². The van der Waals surface area contributed by atoms with Crippen molar-refractivity contribution in [1.29, 1.82) is 0 Å². The van der Waals surface area contributed by atoms with Crippen LogP contribution in [0, 0.1) is 18.6 Å². The van der Waals surface area contributed by atoms with Gasteiger partial charge in [-0.05, 0) is 37.1 Å². The van der Waals surface area contributed by atoms with Gasteiger partial charge < -0.3 is 5.32 Å². The van der Waals surface area contributed by atoms with Crippen LogP contribution in [0.15, 0.2) is 48.5 Å². The van der Waals surface area contributed by atoms with Crippen LogP contribution in [0.3, 0.4) is 0 Å². The number of hydrogen-bond donors (Lipinski definition) is 2. The van der Waals surface area contributed by atoms with Gasteiger partial charge in [0, 0.05) is 5.56 Å². The number of anilines is 1. The number of carbonyl (C=O) groups is 1. The lowest BCUT2D eigenvalue weighted by Crippen LogP contribution is -2.21. The lowest BCUT2D eigenvalue weighted by atomic mass is 9.95. The number of hydrogen-bond acceptors (Lipinski definition) is 2. The summed E-state index contributed by atoms with van der Waals surface area (Å²) in [6, 6.07) is 13.0. The summed E-state index contributed by atoms with van der Waals surface area (Å²) in [6.07, 6.45) is 0.632. The average Bonchev–Trinajstić information content (AvgIpc) is 2.99. The number of amides is 1. The van der Waals surface area contributed by atoms with Crippen molar-refractivity contribution in [2.24, 2.45) is 0 Å². The summed E-state index contributed by atoms with van der Waals surface area (Å²) < 4.78 is 26.8. The molecule has 134 valence electrons. The van der Waals surface area contributed by atoms with E-state index in [9.17, 15) is 13.6 Å². The highest BCUT2D eigenvalue weighted by molar-refractivity contribution is 5.99. The first-order chi connectivity index (χ1) is 12.5. The number of nitrogens with zero attached hydrogens (tertiary/aromatic N) is 1. The minimum Gasteiger partial charge on any atom is -0.322 e. The number of benzene rings is 2. The third-order valence-corrected chi connectivity index (χ3v) is 4.32. The van der Waals surface area contributed by atoms with Gasteiger partial charge in [-0.25, -0.2) is 8.78 Å². The predicted molar refractivity (Wildman–Crippen MR) is 96.8 cm³/mol. The number of rotatable bonds is 5. The Balaban J connectivity index is 1.91. The monoisotopic (exact) mass is 355 g/mol. The van der Waals surface area contributed by atoms with Crippen LogP contribution in [-0.2, 0) is 4.79 Å². The summed E-state index contributed by atoms with van der Waals surface area (Å²) in [4.78, 5) is 12.8. The average molecular weight is 355 g/mol. The number of aryl methyl sites for hydroxylation is 1. The Morgan fingerprint density at radius 2 is 1.88 bits per heavy atom. The number of carbonyl (C=O) groups excluding carboxylic acids is 1. The molecule has 1 amide bonds. The van der Waals surface area contributed by atoms with Crippen molar-refractivity contribution >= 4 is 11.6 Å². The highest BCUT2D eigenvalue weighted by Crippen LogP contribution is 2.31. The van der Waals surface area contributed by atoms with Gasteiger partial charge in [0.15, 0.2) is 11.6 Å². The maximum atomic E-state index is 13.6. The molecule has 6 heteroatoms. The lowest BCUT2D eigenvalue weighted by molar-refractivity contribution is -0.117. The SMILES string of the molecule is CCC(C(=O)Nc1c(-c2ccc(F)c(F)c2)n[nH]c1C)c1ccccc1. The fourth-order valence-corrected chi connectivity index (χ4v) is 2.90. The highest BCUT2D eigenvalue weighted by atomic mass is 19.2. The molecule has 0 saturated carbocycles. The first-order valence-electron chi connectivity index (χ1n) is 8.37. The van der Waals surface area contributed by atoms with Gasteiger partial charge in [-0.2, -0.15) is 5.10 Å². The van der Waals surface area contributed by atoms with E-state index in [1.807, 2.05) is 37.3 Å². The van der Waals surface area contributed by atoms with Crippen LogP contribution in [0.5, 0.6) is 0 Å². The van der Waals surface area contributed by atoms with Crippen molar-refractivity contribution in [3.05, 3.63) is 71.4 Å². The van der Waals surface area contributed by atoms with Crippen molar-refractivity contribution < 1.29 is 13.6 Å². The summed E-state index contributed by atoms with van der Waals surface area (Å²) in [5, 5.41) is 9.82. The molecular weight excluding hydrogens is 336 g/mol. The van der Waals surface area contributed by atoms with Crippen molar-refractivity contribution in [3.8, 4) is 11.3 Å². The molecule has 0 aliphatic carbocycles. The molecule has 0 bridgehead atoms. The number of nitrogens with one attached hydrogen (secondary N) is 2. The Morgan fingerprint density at radius 1 is 1.15 bits per heavy atom. The van der Waals surface area contributed by atoms with Gasteiger partial charge in [0.2, 0.25) is 5.91 Å². The largest absolute Gasteiger partial charge is 0.322 e. The van der Waals surface area contributed by atoms with E-state index in [2.05, 4.69) is 15.5 Å². The quantitative estimate of drug-likeness (QED) is 0.691. The van der Waals surface area contributed by atoms with Gasteiger partial charge in [0.05, 0.1) is 17.3 Å². The second-order valence-corrected chi connectivity index (χ2v) is 6.06. The van der Waals surface area contributed by atoms with Crippen LogP contribution in [-0.4, -0.2) is 16.1 Å². The van der Waals surface area contributed by atoms with E-state index in [1.165, 1.54) is 6.07 Å². The molecule has 2 aromatic carbocycles. The number of aromatic nitrogens is 2. The maximum absolute atomic E-state index is 13.6. The lowest BCUT2D eigenvalue weighted by Gasteiger charge is -2.16. The zero-order valence-electron chi connectivity index (χ0n) is 14.5. The van der Waals surface area contributed by atoms with Crippen LogP contribution in [0.2, 0.25) is 0 Å². The summed E-state index contributed by atoms with van der Waals surface area (Å²) in [7, 11) is 0. The second kappa shape index (κ2) is 7.47. The molecular formula is C20H19F2N3O. The summed E-state index contributed by atoms with van der Waals surface area (Å²) in [5.41, 5.74) is 2.79. The van der Waals surface area contributed by atoms with E-state index in [4.69, 9.17) is 0 Å². The summed E-state index contributed by atoms with van der Waals surface area (Å²) >= 11 is 0. The zero-order valence-corrected chi connectivity index (χ0v) is 14.5. The van der Waals surface area contributed by atoms with Crippen LogP contribution < -0.4 is 5.32 Å². The molecule has 0 spiro atoms. The molecule has 0 fully saturated rings. The minimum atomic E-state index is -0.962. The van der Waals surface area contributed by atoms with E-state index in [0.717, 1.165) is 17.7 Å². The smallest absolute Gasteiger partial charge is 0.232 e. The molecule has 1 unspecified atom stereocenters. The topological polar surface area (TPSA) is 57.8 Å². The summed E-state index contributed by atoms with van der Waals surface area (Å²) in [5.74, 6) is -2.38. The van der Waals surface area contributed by atoms with Crippen molar-refractivity contribution in [1.82, 2.24) is 10.2 Å². The van der Waals surface area contributed by atoms with Crippen molar-refractivity contribution in [2.75, 3.05) is 5.32 Å². The van der Waals surface area contributed by atoms with Crippen molar-refractivity contribution in [2.45, 2.75) is 26.2 Å². The fourth-order valence-electron chi connectivity index (χ4n) is 2.90. The Kier molecular flexibility index (Phi) is 5.11. The minimum absolute atomic E-state index is 0.174. The molecule has 0 radical (unpaired) electrons. The maximum Gasteiger partial charge on any atom is 0.232 e. The van der Waals surface area contributed by atoms with Gasteiger partial charge in [-0.1, -0.05) is 37.3 Å². The zero-order chi connectivity index (χ0) is 18.7. The van der Waals surface area contributed by atoms with Crippen LogP contribution in [0.1, 0.15) is 30.5 Å². The Hall–Kier alpha value is -3.02. The molecule has 3 aromatic rings. The third kappa shape index (κ3) is 3.49. The molecule has 0 aliphatic rings. The van der Waals surface area contributed by atoms with E-state index >= 15 is 0 Å². The standard InChI is InChI=1S/C20H19F2N3O/c1-3-15(13-7-5-4-6-8-13)20(26)23-18-12(2)24-25-19(18)14-9-10-16(21)17(22)11-14/h4-11,15H,3H2,1-2H3,(H,23,26)(H,24,25). The van der Waals surface area contributed by atoms with Crippen LogP contribution in [0.25, 0.3) is 11.3 Å². The Morgan fingerprint density at radius 3 is 2.54 bits per heavy atom. The van der Waals surface area contributed by atoms with Gasteiger partial charge in [0.25, 0.3) is 0 Å². The highest BCUT2D eigenvalue weighted by Gasteiger charge is 2.22. The van der Waals surface area contributed by atoms with Crippen LogP contribution in [0.4, 0.5) is 14.5 Å². The van der Waals surface area contributed by atoms with Gasteiger partial charge >= 0.3 is 0 Å². The second-order valence-electron chi connectivity index (χ2n) is 6.06. The van der Waals surface area contributed by atoms with Crippen LogP contribution >= 0.6 is 0 Å². The first-order valence-corrected chi connectivity index (χ1v) is 8.37. The first kappa shape index (κ1) is 17.8. The van der Waals surface area contributed by atoms with E-state index in [1.54, 1.807) is 6.92 Å². The van der Waals surface area contributed by atoms with E-state index < -0.39 is 11.6 Å². The number of H-pyrrole nitrogens is 1. The molecule has 0 aliphatic heterocycles. The summed E-state index contributed by atoms with van der Waals surface area (Å²) in [6.45, 7) is 3.70. The van der Waals surface area contributed by atoms with Crippen molar-refractivity contribution in [3.63, 3.8) is 0 Å². The Bertz CT molecular complexity index is 922. The number of aromatic amines is 1. The predicted octanol–water partition coefficient (Wildman–Crippen LogP) is 4.80. The molecule has 4 nitrogen and oxygen atoms in total. The van der Waals surface area contributed by atoms with Gasteiger partial charge in [-0.15, -0.1) is 0 Å². The normalized spacial score (nSPS) is 12.0.